The van der Waals surface area contributed by atoms with Crippen molar-refractivity contribution in [3.63, 3.8) is 0 Å². The highest BCUT2D eigenvalue weighted by Gasteiger charge is 2.48. The van der Waals surface area contributed by atoms with Crippen molar-refractivity contribution in [3.05, 3.63) is 35.9 Å². The van der Waals surface area contributed by atoms with E-state index in [0.29, 0.717) is 13.2 Å². The van der Waals surface area contributed by atoms with Crippen LogP contribution >= 0.6 is 0 Å². The summed E-state index contributed by atoms with van der Waals surface area (Å²) in [7, 11) is 0. The van der Waals surface area contributed by atoms with E-state index in [1.54, 1.807) is 6.92 Å². The lowest BCUT2D eigenvalue weighted by molar-refractivity contribution is -0.357. The van der Waals surface area contributed by atoms with E-state index >= 15 is 0 Å². The average molecular weight is 296 g/mol. The predicted molar refractivity (Wildman–Crippen MR) is 72.2 cm³/mol. The van der Waals surface area contributed by atoms with Crippen LogP contribution in [0.4, 0.5) is 0 Å². The molecule has 2 fully saturated rings. The maximum atomic E-state index is 10.2. The van der Waals surface area contributed by atoms with Gasteiger partial charge in [-0.15, -0.1) is 0 Å². The monoisotopic (exact) mass is 296 g/mol. The Morgan fingerprint density at radius 2 is 1.90 bits per heavy atom. The summed E-state index contributed by atoms with van der Waals surface area (Å²) >= 11 is 0. The second-order valence-corrected chi connectivity index (χ2v) is 5.32. The standard InChI is InChI=1S/C15H20O6/c1-9-18-8-11-14(20-9)12(16)13(17)15(21-11)19-7-10-5-3-2-4-6-10/h2-6,9,11-17H,7-8H2,1H3/t9?,11-,12+,13+,14-,15-/m1/s1. The van der Waals surface area contributed by atoms with E-state index in [2.05, 4.69) is 0 Å². The van der Waals surface area contributed by atoms with Gasteiger partial charge in [0.1, 0.15) is 24.4 Å². The Balaban J connectivity index is 1.61. The zero-order chi connectivity index (χ0) is 14.8. The average Bonchev–Trinajstić information content (AvgIpc) is 2.51. The number of benzene rings is 1. The van der Waals surface area contributed by atoms with Crippen molar-refractivity contribution in [3.8, 4) is 0 Å². The number of aliphatic hydroxyl groups is 2. The normalized spacial score (nSPS) is 39.8. The Kier molecular flexibility index (Phi) is 4.54. The SMILES string of the molecule is CC1OC[C@H]2O[C@@H](OCc3ccccc3)[C@@H](O)[C@H](O)[C@@H]2O1. The lowest BCUT2D eigenvalue weighted by atomic mass is 9.98. The van der Waals surface area contributed by atoms with Crippen LogP contribution in [0.1, 0.15) is 12.5 Å². The summed E-state index contributed by atoms with van der Waals surface area (Å²) in [5.74, 6) is 0. The van der Waals surface area contributed by atoms with Crippen LogP contribution < -0.4 is 0 Å². The minimum atomic E-state index is -1.15. The summed E-state index contributed by atoms with van der Waals surface area (Å²) in [6, 6.07) is 9.57. The lowest BCUT2D eigenvalue weighted by Crippen LogP contribution is -2.62. The Bertz CT molecular complexity index is 451. The summed E-state index contributed by atoms with van der Waals surface area (Å²) in [6.45, 7) is 2.35. The molecule has 6 nitrogen and oxygen atoms in total. The van der Waals surface area contributed by atoms with E-state index in [9.17, 15) is 10.2 Å². The number of hydrogen-bond donors (Lipinski definition) is 2. The van der Waals surface area contributed by atoms with Crippen LogP contribution in [0.5, 0.6) is 0 Å². The predicted octanol–water partition coefficient (Wildman–Crippen LogP) is 0.411. The summed E-state index contributed by atoms with van der Waals surface area (Å²) in [5, 5.41) is 20.3. The maximum absolute atomic E-state index is 10.2. The van der Waals surface area contributed by atoms with Crippen LogP contribution in [0.25, 0.3) is 0 Å². The summed E-state index contributed by atoms with van der Waals surface area (Å²) in [4.78, 5) is 0. The van der Waals surface area contributed by atoms with Gasteiger partial charge >= 0.3 is 0 Å². The van der Waals surface area contributed by atoms with Crippen molar-refractivity contribution >= 4 is 0 Å². The fourth-order valence-corrected chi connectivity index (χ4v) is 2.59. The topological polar surface area (TPSA) is 77.4 Å². The molecule has 0 amide bonds. The molecule has 0 aromatic heterocycles. The van der Waals surface area contributed by atoms with E-state index in [-0.39, 0.29) is 0 Å². The molecule has 3 rings (SSSR count). The molecule has 0 bridgehead atoms. The first-order valence-corrected chi connectivity index (χ1v) is 7.09. The maximum Gasteiger partial charge on any atom is 0.187 e. The Morgan fingerprint density at radius 1 is 1.14 bits per heavy atom. The van der Waals surface area contributed by atoms with Crippen molar-refractivity contribution in [2.45, 2.75) is 50.5 Å². The molecule has 2 aliphatic heterocycles. The summed E-state index contributed by atoms with van der Waals surface area (Å²) in [6.07, 6.45) is -4.57. The Morgan fingerprint density at radius 3 is 2.67 bits per heavy atom. The minimum absolute atomic E-state index is 0.296. The van der Waals surface area contributed by atoms with Gasteiger partial charge in [0, 0.05) is 0 Å². The molecule has 0 radical (unpaired) electrons. The van der Waals surface area contributed by atoms with Gasteiger partial charge in [0.25, 0.3) is 0 Å². The molecule has 2 aliphatic rings. The largest absolute Gasteiger partial charge is 0.387 e. The highest BCUT2D eigenvalue weighted by molar-refractivity contribution is 5.13. The Labute approximate surface area is 123 Å². The summed E-state index contributed by atoms with van der Waals surface area (Å²) < 4.78 is 22.1. The lowest BCUT2D eigenvalue weighted by Gasteiger charge is -2.45. The number of aliphatic hydroxyl groups excluding tert-OH is 2. The fourth-order valence-electron chi connectivity index (χ4n) is 2.59. The van der Waals surface area contributed by atoms with Gasteiger partial charge in [-0.25, -0.2) is 0 Å². The second-order valence-electron chi connectivity index (χ2n) is 5.32. The van der Waals surface area contributed by atoms with Gasteiger partial charge in [-0.2, -0.15) is 0 Å². The number of ether oxygens (including phenoxy) is 4. The smallest absolute Gasteiger partial charge is 0.187 e. The molecule has 2 saturated heterocycles. The van der Waals surface area contributed by atoms with E-state index in [1.165, 1.54) is 0 Å². The molecular weight excluding hydrogens is 276 g/mol. The first-order valence-electron chi connectivity index (χ1n) is 7.09. The fraction of sp³-hybridized carbons (Fsp3) is 0.600. The van der Waals surface area contributed by atoms with Gasteiger partial charge in [-0.05, 0) is 12.5 Å². The van der Waals surface area contributed by atoms with Gasteiger partial charge in [0.15, 0.2) is 12.6 Å². The molecule has 0 saturated carbocycles. The number of hydrogen-bond acceptors (Lipinski definition) is 6. The number of fused-ring (bicyclic) bond motifs is 1. The highest BCUT2D eigenvalue weighted by Crippen LogP contribution is 2.29. The molecule has 2 heterocycles. The Hall–Kier alpha value is -1.02. The highest BCUT2D eigenvalue weighted by atomic mass is 16.8. The van der Waals surface area contributed by atoms with Crippen molar-refractivity contribution in [1.82, 2.24) is 0 Å². The van der Waals surface area contributed by atoms with Crippen molar-refractivity contribution in [2.75, 3.05) is 6.61 Å². The molecule has 2 N–H and O–H groups in total. The molecule has 116 valence electrons. The third-order valence-electron chi connectivity index (χ3n) is 3.74. The zero-order valence-corrected chi connectivity index (χ0v) is 11.8. The third kappa shape index (κ3) is 3.26. The van der Waals surface area contributed by atoms with Crippen LogP contribution in [-0.4, -0.2) is 53.8 Å². The van der Waals surface area contributed by atoms with Crippen LogP contribution in [0, 0.1) is 0 Å². The number of rotatable bonds is 3. The van der Waals surface area contributed by atoms with Gasteiger partial charge in [0.2, 0.25) is 0 Å². The molecule has 1 aromatic carbocycles. The van der Waals surface area contributed by atoms with Gasteiger partial charge in [0.05, 0.1) is 13.2 Å². The van der Waals surface area contributed by atoms with Gasteiger partial charge in [-0.3, -0.25) is 0 Å². The van der Waals surface area contributed by atoms with Crippen molar-refractivity contribution in [2.24, 2.45) is 0 Å². The molecule has 6 atom stereocenters. The molecular formula is C15H20O6. The second kappa shape index (κ2) is 6.39. The van der Waals surface area contributed by atoms with Gasteiger partial charge < -0.3 is 29.2 Å². The van der Waals surface area contributed by atoms with Crippen LogP contribution in [-0.2, 0) is 25.6 Å². The van der Waals surface area contributed by atoms with Crippen LogP contribution in [0.15, 0.2) is 30.3 Å². The minimum Gasteiger partial charge on any atom is -0.387 e. The van der Waals surface area contributed by atoms with E-state index in [4.69, 9.17) is 18.9 Å². The molecule has 0 spiro atoms. The van der Waals surface area contributed by atoms with Crippen LogP contribution in [0.2, 0.25) is 0 Å². The van der Waals surface area contributed by atoms with Crippen molar-refractivity contribution < 1.29 is 29.2 Å². The summed E-state index contributed by atoms with van der Waals surface area (Å²) in [5.41, 5.74) is 0.967. The first kappa shape index (κ1) is 14.9. The first-order chi connectivity index (χ1) is 10.1. The van der Waals surface area contributed by atoms with E-state index in [0.717, 1.165) is 5.56 Å². The quantitative estimate of drug-likeness (QED) is 0.841. The zero-order valence-electron chi connectivity index (χ0n) is 11.8. The molecule has 21 heavy (non-hydrogen) atoms. The molecule has 1 unspecified atom stereocenters. The van der Waals surface area contributed by atoms with E-state index in [1.807, 2.05) is 30.3 Å². The molecule has 1 aromatic rings. The van der Waals surface area contributed by atoms with Gasteiger partial charge in [-0.1, -0.05) is 30.3 Å². The third-order valence-corrected chi connectivity index (χ3v) is 3.74. The van der Waals surface area contributed by atoms with Crippen LogP contribution in [0.3, 0.4) is 0 Å². The van der Waals surface area contributed by atoms with Crippen molar-refractivity contribution in [1.29, 1.82) is 0 Å². The molecule has 0 aliphatic carbocycles. The molecule has 6 heteroatoms. The van der Waals surface area contributed by atoms with E-state index < -0.39 is 37.0 Å².